The second kappa shape index (κ2) is 14.5. The van der Waals surface area contributed by atoms with Crippen LogP contribution in [0.15, 0.2) is 0 Å². The van der Waals surface area contributed by atoms with Crippen LogP contribution in [0, 0.1) is 0 Å². The maximum absolute atomic E-state index is 10.9. The number of aliphatic hydroxyl groups excluding tert-OH is 1. The summed E-state index contributed by atoms with van der Waals surface area (Å²) in [6, 6.07) is 0. The van der Waals surface area contributed by atoms with Crippen LogP contribution in [0.2, 0.25) is 0 Å². The first-order chi connectivity index (χ1) is 9.38. The van der Waals surface area contributed by atoms with Gasteiger partial charge in [-0.1, -0.05) is 58.3 Å². The quantitative estimate of drug-likeness (QED) is 0.305. The Balaban J connectivity index is 0. The zero-order chi connectivity index (χ0) is 15.4. The first kappa shape index (κ1) is 24.1. The summed E-state index contributed by atoms with van der Waals surface area (Å²) in [5, 5.41) is 8.42. The predicted molar refractivity (Wildman–Crippen MR) is 81.6 cm³/mol. The van der Waals surface area contributed by atoms with E-state index in [1.807, 2.05) is 6.92 Å². The van der Waals surface area contributed by atoms with Crippen LogP contribution in [0.25, 0.3) is 0 Å². The molecule has 21 heavy (non-hydrogen) atoms. The topological polar surface area (TPSA) is 77.4 Å². The van der Waals surface area contributed by atoms with Gasteiger partial charge in [0.25, 0.3) is 0 Å². The van der Waals surface area contributed by atoms with Crippen molar-refractivity contribution in [3.05, 3.63) is 0 Å². The van der Waals surface area contributed by atoms with Crippen LogP contribution in [0.5, 0.6) is 0 Å². The first-order valence-electron chi connectivity index (χ1n) is 8.00. The van der Waals surface area contributed by atoms with Crippen LogP contribution in [0.3, 0.4) is 0 Å². The van der Waals surface area contributed by atoms with Crippen molar-refractivity contribution in [2.75, 3.05) is 0 Å². The zero-order valence-electron chi connectivity index (χ0n) is 14.0. The molecule has 0 aromatic heterocycles. The summed E-state index contributed by atoms with van der Waals surface area (Å²) in [6.45, 7) is 3.58. The summed E-state index contributed by atoms with van der Waals surface area (Å²) in [5.41, 5.74) is 0. The summed E-state index contributed by atoms with van der Waals surface area (Å²) in [5.74, 6) is 0. The van der Waals surface area contributed by atoms with E-state index in [2.05, 4.69) is 0 Å². The third-order valence-electron chi connectivity index (χ3n) is 3.76. The molecule has 0 rings (SSSR count). The van der Waals surface area contributed by atoms with Crippen molar-refractivity contribution in [2.24, 2.45) is 0 Å². The molecule has 0 bridgehead atoms. The molecule has 6 heteroatoms. The summed E-state index contributed by atoms with van der Waals surface area (Å²) < 4.78 is 32.7. The Labute approximate surface area is 153 Å². The molecule has 0 aliphatic heterocycles. The minimum atomic E-state index is -4.10. The Bertz CT molecular complexity index is 318. The van der Waals surface area contributed by atoms with Crippen LogP contribution in [-0.4, -0.2) is 29.4 Å². The number of hydrogen-bond donors (Lipinski definition) is 1. The molecular weight excluding hydrogens is 299 g/mol. The van der Waals surface area contributed by atoms with Crippen molar-refractivity contribution in [3.63, 3.8) is 0 Å². The van der Waals surface area contributed by atoms with Crippen molar-refractivity contribution in [1.82, 2.24) is 0 Å². The molecule has 0 amide bonds. The molecule has 0 aromatic rings. The van der Waals surface area contributed by atoms with Crippen molar-refractivity contribution >= 4 is 10.1 Å². The van der Waals surface area contributed by atoms with Crippen molar-refractivity contribution in [2.45, 2.75) is 95.8 Å². The van der Waals surface area contributed by atoms with E-state index in [0.29, 0.717) is 12.8 Å². The Hall–Kier alpha value is 0.870. The van der Waals surface area contributed by atoms with Gasteiger partial charge in [0, 0.05) is 5.25 Å². The van der Waals surface area contributed by atoms with Crippen LogP contribution < -0.4 is 29.6 Å². The molecule has 0 spiro atoms. The second-order valence-electron chi connectivity index (χ2n) is 5.78. The van der Waals surface area contributed by atoms with Gasteiger partial charge in [-0.3, -0.25) is 0 Å². The summed E-state index contributed by atoms with van der Waals surface area (Å²) in [7, 11) is -4.10. The molecule has 2 unspecified atom stereocenters. The fourth-order valence-corrected chi connectivity index (χ4v) is 3.29. The largest absolute Gasteiger partial charge is 1.00 e. The van der Waals surface area contributed by atoms with Gasteiger partial charge in [0.15, 0.2) is 0 Å². The Morgan fingerprint density at radius 3 is 1.62 bits per heavy atom. The average molecular weight is 330 g/mol. The Morgan fingerprint density at radius 1 is 0.905 bits per heavy atom. The monoisotopic (exact) mass is 330 g/mol. The SMILES string of the molecule is CCC(CCCCCCCCCCC(C)O)S(=O)(=O)[O-].[Na+]. The van der Waals surface area contributed by atoms with Gasteiger partial charge in [-0.15, -0.1) is 0 Å². The number of hydrogen-bond acceptors (Lipinski definition) is 4. The number of rotatable bonds is 13. The molecule has 0 aliphatic carbocycles. The molecule has 0 saturated heterocycles. The summed E-state index contributed by atoms with van der Waals surface area (Å²) in [4.78, 5) is 0. The van der Waals surface area contributed by atoms with Gasteiger partial charge in [-0.05, 0) is 26.2 Å². The van der Waals surface area contributed by atoms with Gasteiger partial charge in [0.05, 0.1) is 16.2 Å². The molecule has 0 radical (unpaired) electrons. The first-order valence-corrected chi connectivity index (χ1v) is 9.47. The zero-order valence-corrected chi connectivity index (χ0v) is 16.8. The summed E-state index contributed by atoms with van der Waals surface area (Å²) in [6.07, 6.45) is 10.5. The fraction of sp³-hybridized carbons (Fsp3) is 1.00. The third kappa shape index (κ3) is 15.5. The van der Waals surface area contributed by atoms with Crippen LogP contribution in [0.1, 0.15) is 84.5 Å². The van der Waals surface area contributed by atoms with E-state index >= 15 is 0 Å². The van der Waals surface area contributed by atoms with Gasteiger partial charge in [-0.25, -0.2) is 8.42 Å². The Morgan fingerprint density at radius 2 is 1.29 bits per heavy atom. The number of aliphatic hydroxyl groups is 1. The van der Waals surface area contributed by atoms with Gasteiger partial charge in [0.1, 0.15) is 0 Å². The van der Waals surface area contributed by atoms with E-state index in [0.717, 1.165) is 32.1 Å². The molecule has 0 heterocycles. The van der Waals surface area contributed by atoms with E-state index in [1.165, 1.54) is 25.7 Å². The van der Waals surface area contributed by atoms with E-state index in [4.69, 9.17) is 5.11 Å². The van der Waals surface area contributed by atoms with Crippen molar-refractivity contribution in [3.8, 4) is 0 Å². The van der Waals surface area contributed by atoms with E-state index in [-0.39, 0.29) is 35.7 Å². The van der Waals surface area contributed by atoms with Crippen LogP contribution >= 0.6 is 0 Å². The number of unbranched alkanes of at least 4 members (excludes halogenated alkanes) is 7. The molecule has 0 fully saturated rings. The molecule has 4 nitrogen and oxygen atoms in total. The predicted octanol–water partition coefficient (Wildman–Crippen LogP) is 0.596. The standard InChI is InChI=1S/C15H32O4S.Na/c1-3-15(20(17,18)19)13-11-9-7-5-4-6-8-10-12-14(2)16;/h14-16H,3-13H2,1-2H3,(H,17,18,19);/q;+1/p-1. The minimum absolute atomic E-state index is 0. The Kier molecular flexibility index (Phi) is 16.6. The summed E-state index contributed by atoms with van der Waals surface area (Å²) >= 11 is 0. The van der Waals surface area contributed by atoms with Gasteiger partial charge in [-0.2, -0.15) is 0 Å². The maximum atomic E-state index is 10.9. The van der Waals surface area contributed by atoms with Gasteiger partial charge < -0.3 is 9.66 Å². The molecule has 1 N–H and O–H groups in total. The smallest absolute Gasteiger partial charge is 0.748 e. The normalized spacial score (nSPS) is 14.5. The van der Waals surface area contributed by atoms with Gasteiger partial charge >= 0.3 is 29.6 Å². The maximum Gasteiger partial charge on any atom is 1.00 e. The van der Waals surface area contributed by atoms with Crippen LogP contribution in [0.4, 0.5) is 0 Å². The van der Waals surface area contributed by atoms with Crippen molar-refractivity contribution in [1.29, 1.82) is 0 Å². The molecule has 2 atom stereocenters. The molecule has 122 valence electrons. The molecule has 0 saturated carbocycles. The minimum Gasteiger partial charge on any atom is -0.748 e. The van der Waals surface area contributed by atoms with E-state index in [9.17, 15) is 13.0 Å². The van der Waals surface area contributed by atoms with Crippen molar-refractivity contribution < 1.29 is 47.6 Å². The second-order valence-corrected chi connectivity index (χ2v) is 7.43. The fourth-order valence-electron chi connectivity index (χ4n) is 2.43. The van der Waals surface area contributed by atoms with Gasteiger partial charge in [0.2, 0.25) is 0 Å². The third-order valence-corrected chi connectivity index (χ3v) is 5.15. The average Bonchev–Trinajstić information content (AvgIpc) is 2.34. The molecule has 0 aliphatic rings. The van der Waals surface area contributed by atoms with Crippen LogP contribution in [-0.2, 0) is 10.1 Å². The van der Waals surface area contributed by atoms with E-state index in [1.54, 1.807) is 6.92 Å². The molecular formula is C15H31NaO4S. The van der Waals surface area contributed by atoms with E-state index < -0.39 is 15.4 Å². The molecule has 0 aromatic carbocycles.